The molecular formula is C25H33FN4O4. The van der Waals surface area contributed by atoms with Gasteiger partial charge in [-0.15, -0.1) is 0 Å². The highest BCUT2D eigenvalue weighted by atomic mass is 19.1. The largest absolute Gasteiger partial charge is 0.341 e. The summed E-state index contributed by atoms with van der Waals surface area (Å²) in [4.78, 5) is 56.5. The van der Waals surface area contributed by atoms with Crippen LogP contribution in [0.5, 0.6) is 0 Å². The third-order valence-electron chi connectivity index (χ3n) is 7.36. The molecule has 1 aromatic rings. The Balaban J connectivity index is 1.46. The number of imide groups is 1. The second-order valence-corrected chi connectivity index (χ2v) is 10.2. The Morgan fingerprint density at radius 3 is 2.41 bits per heavy atom. The number of hydrogen-bond donors (Lipinski definition) is 1. The van der Waals surface area contributed by atoms with E-state index in [0.717, 1.165) is 18.4 Å². The molecule has 9 heteroatoms. The second kappa shape index (κ2) is 9.00. The molecule has 3 fully saturated rings. The van der Waals surface area contributed by atoms with Crippen molar-refractivity contribution >= 4 is 23.8 Å². The third-order valence-corrected chi connectivity index (χ3v) is 7.36. The van der Waals surface area contributed by atoms with E-state index in [4.69, 9.17) is 0 Å². The van der Waals surface area contributed by atoms with E-state index in [1.807, 2.05) is 13.8 Å². The van der Waals surface area contributed by atoms with Gasteiger partial charge in [0.1, 0.15) is 17.4 Å². The Morgan fingerprint density at radius 1 is 1.18 bits per heavy atom. The van der Waals surface area contributed by atoms with Crippen LogP contribution in [-0.2, 0) is 9.59 Å². The van der Waals surface area contributed by atoms with E-state index in [1.54, 1.807) is 22.8 Å². The molecule has 2 aliphatic heterocycles. The fraction of sp³-hybridized carbons (Fsp3) is 0.600. The number of piperidine rings is 1. The number of hydrogen-bond acceptors (Lipinski definition) is 4. The molecule has 3 aliphatic rings. The van der Waals surface area contributed by atoms with Crippen LogP contribution in [-0.4, -0.2) is 76.7 Å². The van der Waals surface area contributed by atoms with Gasteiger partial charge in [0.05, 0.1) is 5.56 Å². The Bertz CT molecular complexity index is 1010. The lowest BCUT2D eigenvalue weighted by molar-refractivity contribution is -0.142. The molecule has 1 saturated carbocycles. The fourth-order valence-electron chi connectivity index (χ4n) is 5.01. The number of nitrogens with zero attached hydrogens (tertiary/aromatic N) is 3. The Kier molecular flexibility index (Phi) is 6.40. The quantitative estimate of drug-likeness (QED) is 0.645. The van der Waals surface area contributed by atoms with E-state index in [0.29, 0.717) is 38.4 Å². The summed E-state index contributed by atoms with van der Waals surface area (Å²) in [7, 11) is 1.52. The van der Waals surface area contributed by atoms with Crippen LogP contribution < -0.4 is 5.32 Å². The normalized spacial score (nSPS) is 20.9. The molecule has 184 valence electrons. The highest BCUT2D eigenvalue weighted by Crippen LogP contribution is 2.40. The van der Waals surface area contributed by atoms with Crippen LogP contribution in [0.2, 0.25) is 0 Å². The summed E-state index contributed by atoms with van der Waals surface area (Å²) in [5.41, 5.74) is -0.242. The molecule has 1 aliphatic carbocycles. The predicted molar refractivity (Wildman–Crippen MR) is 123 cm³/mol. The molecule has 4 rings (SSSR count). The zero-order valence-electron chi connectivity index (χ0n) is 20.3. The van der Waals surface area contributed by atoms with Crippen LogP contribution in [0.25, 0.3) is 0 Å². The summed E-state index contributed by atoms with van der Waals surface area (Å²) in [5.74, 6) is -1.49. The SMILES string of the molecule is Cc1ccc(F)c(C(=O)N[C@@H](C(=O)N2CCC3(CC2)C(=O)N(C)C(=O)N3CC2CC2)C(C)C)c1. The first-order valence-corrected chi connectivity index (χ1v) is 12.0. The maximum Gasteiger partial charge on any atom is 0.327 e. The number of carbonyl (C=O) groups is 4. The van der Waals surface area contributed by atoms with E-state index < -0.39 is 23.3 Å². The molecule has 5 amide bonds. The number of amides is 5. The molecule has 8 nitrogen and oxygen atoms in total. The number of halogens is 1. The minimum atomic E-state index is -0.896. The van der Waals surface area contributed by atoms with Crippen molar-refractivity contribution in [1.29, 1.82) is 0 Å². The zero-order chi connectivity index (χ0) is 24.8. The molecule has 1 aromatic carbocycles. The summed E-state index contributed by atoms with van der Waals surface area (Å²) in [6.45, 7) is 6.62. The van der Waals surface area contributed by atoms with E-state index in [1.165, 1.54) is 24.1 Å². The predicted octanol–water partition coefficient (Wildman–Crippen LogP) is 2.55. The van der Waals surface area contributed by atoms with Gasteiger partial charge in [0.25, 0.3) is 11.8 Å². The lowest BCUT2D eigenvalue weighted by Gasteiger charge is -2.43. The summed E-state index contributed by atoms with van der Waals surface area (Å²) in [5, 5.41) is 2.72. The van der Waals surface area contributed by atoms with Gasteiger partial charge in [0, 0.05) is 26.7 Å². The zero-order valence-corrected chi connectivity index (χ0v) is 20.3. The average molecular weight is 473 g/mol. The molecule has 0 bridgehead atoms. The summed E-state index contributed by atoms with van der Waals surface area (Å²) in [6, 6.07) is 3.20. The number of likely N-dealkylation sites (tertiary alicyclic amines) is 1. The number of benzene rings is 1. The van der Waals surface area contributed by atoms with Crippen LogP contribution >= 0.6 is 0 Å². The Hall–Kier alpha value is -2.97. The number of urea groups is 1. The van der Waals surface area contributed by atoms with Gasteiger partial charge >= 0.3 is 6.03 Å². The minimum Gasteiger partial charge on any atom is -0.341 e. The average Bonchev–Trinajstić information content (AvgIpc) is 3.62. The standard InChI is InChI=1S/C25H33FN4O4/c1-15(2)20(27-21(31)18-13-16(3)5-8-19(18)26)22(32)29-11-9-25(10-12-29)23(33)28(4)24(34)30(25)14-17-6-7-17/h5,8,13,15,17,20H,6-7,9-12,14H2,1-4H3,(H,27,31)/t20-/m1/s1. The molecule has 1 spiro atoms. The Labute approximate surface area is 199 Å². The summed E-state index contributed by atoms with van der Waals surface area (Å²) >= 11 is 0. The van der Waals surface area contributed by atoms with E-state index in [9.17, 15) is 23.6 Å². The van der Waals surface area contributed by atoms with E-state index in [2.05, 4.69) is 5.32 Å². The number of aryl methyl sites for hydroxylation is 1. The molecule has 1 N–H and O–H groups in total. The smallest absolute Gasteiger partial charge is 0.327 e. The number of likely N-dealkylation sites (N-methyl/N-ethyl adjacent to an activating group) is 1. The van der Waals surface area contributed by atoms with Crippen LogP contribution in [0.15, 0.2) is 18.2 Å². The van der Waals surface area contributed by atoms with Crippen LogP contribution in [0, 0.1) is 24.6 Å². The molecule has 2 heterocycles. The first kappa shape index (κ1) is 24.2. The Morgan fingerprint density at radius 2 is 1.82 bits per heavy atom. The van der Waals surface area contributed by atoms with Crippen molar-refractivity contribution in [2.24, 2.45) is 11.8 Å². The van der Waals surface area contributed by atoms with Gasteiger partial charge in [0.2, 0.25) is 5.91 Å². The van der Waals surface area contributed by atoms with Crippen LogP contribution in [0.1, 0.15) is 55.5 Å². The van der Waals surface area contributed by atoms with Gasteiger partial charge < -0.3 is 15.1 Å². The fourth-order valence-corrected chi connectivity index (χ4v) is 5.01. The van der Waals surface area contributed by atoms with Gasteiger partial charge in [-0.3, -0.25) is 19.3 Å². The summed E-state index contributed by atoms with van der Waals surface area (Å²) < 4.78 is 14.2. The second-order valence-electron chi connectivity index (χ2n) is 10.2. The highest BCUT2D eigenvalue weighted by Gasteiger charge is 2.58. The molecule has 0 unspecified atom stereocenters. The van der Waals surface area contributed by atoms with Crippen molar-refractivity contribution in [3.63, 3.8) is 0 Å². The van der Waals surface area contributed by atoms with Crippen LogP contribution in [0.3, 0.4) is 0 Å². The number of nitrogens with one attached hydrogen (secondary N) is 1. The maximum atomic E-state index is 14.2. The maximum absolute atomic E-state index is 14.2. The number of rotatable bonds is 6. The van der Waals surface area contributed by atoms with Gasteiger partial charge in [-0.25, -0.2) is 9.18 Å². The molecule has 0 aromatic heterocycles. The topological polar surface area (TPSA) is 90.0 Å². The monoisotopic (exact) mass is 472 g/mol. The molecule has 0 radical (unpaired) electrons. The van der Waals surface area contributed by atoms with Gasteiger partial charge in [0.15, 0.2) is 0 Å². The van der Waals surface area contributed by atoms with Crippen molar-refractivity contribution in [2.75, 3.05) is 26.7 Å². The van der Waals surface area contributed by atoms with Crippen molar-refractivity contribution in [3.8, 4) is 0 Å². The van der Waals surface area contributed by atoms with E-state index >= 15 is 0 Å². The van der Waals surface area contributed by atoms with Gasteiger partial charge in [-0.2, -0.15) is 0 Å². The lowest BCUT2D eigenvalue weighted by atomic mass is 9.85. The highest BCUT2D eigenvalue weighted by molar-refractivity contribution is 6.07. The van der Waals surface area contributed by atoms with Crippen molar-refractivity contribution in [2.45, 2.75) is 58.0 Å². The molecule has 34 heavy (non-hydrogen) atoms. The lowest BCUT2D eigenvalue weighted by Crippen LogP contribution is -2.60. The molecule has 2 saturated heterocycles. The summed E-state index contributed by atoms with van der Waals surface area (Å²) in [6.07, 6.45) is 2.87. The molecule has 1 atom stereocenters. The van der Waals surface area contributed by atoms with Crippen molar-refractivity contribution in [3.05, 3.63) is 35.1 Å². The van der Waals surface area contributed by atoms with Gasteiger partial charge in [-0.1, -0.05) is 25.5 Å². The third kappa shape index (κ3) is 4.28. The van der Waals surface area contributed by atoms with Crippen LogP contribution in [0.4, 0.5) is 9.18 Å². The minimum absolute atomic E-state index is 0.0927. The first-order valence-electron chi connectivity index (χ1n) is 12.0. The number of carbonyl (C=O) groups excluding carboxylic acids is 4. The van der Waals surface area contributed by atoms with Crippen molar-refractivity contribution < 1.29 is 23.6 Å². The van der Waals surface area contributed by atoms with Crippen molar-refractivity contribution in [1.82, 2.24) is 20.0 Å². The first-order chi connectivity index (χ1) is 16.0. The van der Waals surface area contributed by atoms with E-state index in [-0.39, 0.29) is 29.3 Å². The van der Waals surface area contributed by atoms with Gasteiger partial charge in [-0.05, 0) is 56.6 Å². The molecular weight excluding hydrogens is 439 g/mol.